The van der Waals surface area contributed by atoms with E-state index in [1.165, 1.54) is 0 Å². The molecule has 1 aliphatic heterocycles. The first-order valence-corrected chi connectivity index (χ1v) is 7.39. The molecule has 0 bridgehead atoms. The number of hydrogen-bond acceptors (Lipinski definition) is 5. The predicted octanol–water partition coefficient (Wildman–Crippen LogP) is 2.80. The van der Waals surface area contributed by atoms with E-state index in [2.05, 4.69) is 22.4 Å². The van der Waals surface area contributed by atoms with Gasteiger partial charge in [-0.1, -0.05) is 23.2 Å². The third kappa shape index (κ3) is 2.84. The van der Waals surface area contributed by atoms with Crippen LogP contribution in [0.3, 0.4) is 0 Å². The van der Waals surface area contributed by atoms with Crippen molar-refractivity contribution in [3.8, 4) is 11.4 Å². The molecule has 1 unspecified atom stereocenters. The van der Waals surface area contributed by atoms with Crippen molar-refractivity contribution in [2.75, 3.05) is 12.3 Å². The summed E-state index contributed by atoms with van der Waals surface area (Å²) in [7, 11) is 0. The Kier molecular flexibility index (Phi) is 3.77. The maximum Gasteiger partial charge on any atom is 0.183 e. The van der Waals surface area contributed by atoms with Crippen LogP contribution in [0.4, 0.5) is 5.69 Å². The van der Waals surface area contributed by atoms with Crippen molar-refractivity contribution in [3.05, 3.63) is 22.2 Å². The number of aromatic nitrogens is 4. The first kappa shape index (κ1) is 14.6. The van der Waals surface area contributed by atoms with Crippen molar-refractivity contribution < 1.29 is 4.74 Å². The number of nitrogens with two attached hydrogens (primary N) is 1. The van der Waals surface area contributed by atoms with Gasteiger partial charge >= 0.3 is 0 Å². The third-order valence-electron chi connectivity index (χ3n) is 3.61. The van der Waals surface area contributed by atoms with Crippen molar-refractivity contribution in [2.45, 2.75) is 31.9 Å². The summed E-state index contributed by atoms with van der Waals surface area (Å²) in [5.41, 5.74) is 6.70. The van der Waals surface area contributed by atoms with Gasteiger partial charge in [0, 0.05) is 17.9 Å². The Morgan fingerprint density at radius 2 is 2.24 bits per heavy atom. The normalized spacial score (nSPS) is 21.9. The van der Waals surface area contributed by atoms with Crippen molar-refractivity contribution >= 4 is 28.9 Å². The van der Waals surface area contributed by atoms with Gasteiger partial charge in [-0.3, -0.25) is 0 Å². The third-order valence-corrected chi connectivity index (χ3v) is 4.41. The molecule has 1 atom stereocenters. The van der Waals surface area contributed by atoms with Gasteiger partial charge in [0.25, 0.3) is 0 Å². The average Bonchev–Trinajstić information content (AvgIpc) is 3.04. The summed E-state index contributed by atoms with van der Waals surface area (Å²) in [5, 5.41) is 12.6. The first-order valence-electron chi connectivity index (χ1n) is 6.63. The molecule has 0 spiro atoms. The van der Waals surface area contributed by atoms with E-state index in [-0.39, 0.29) is 5.60 Å². The van der Waals surface area contributed by atoms with Crippen LogP contribution >= 0.6 is 23.2 Å². The molecule has 0 aliphatic carbocycles. The van der Waals surface area contributed by atoms with Crippen molar-refractivity contribution in [1.29, 1.82) is 0 Å². The fourth-order valence-electron chi connectivity index (χ4n) is 2.56. The number of tetrazole rings is 1. The summed E-state index contributed by atoms with van der Waals surface area (Å²) in [6.07, 6.45) is 2.01. The van der Waals surface area contributed by atoms with Crippen LogP contribution in [-0.4, -0.2) is 32.4 Å². The standard InChI is InChI=1S/C13H15Cl2N5O/c1-13(3-2-4-21-13)7-20-12(17-18-19-20)9-5-8(16)6-10(14)11(9)15/h5-6H,2-4,7,16H2,1H3. The molecular formula is C13H15Cl2N5O. The van der Waals surface area contributed by atoms with E-state index in [1.54, 1.807) is 16.8 Å². The summed E-state index contributed by atoms with van der Waals surface area (Å²) in [6.45, 7) is 3.37. The zero-order chi connectivity index (χ0) is 15.0. The van der Waals surface area contributed by atoms with Crippen molar-refractivity contribution in [2.24, 2.45) is 0 Å². The van der Waals surface area contributed by atoms with E-state index < -0.39 is 0 Å². The smallest absolute Gasteiger partial charge is 0.183 e. The highest BCUT2D eigenvalue weighted by molar-refractivity contribution is 6.43. The monoisotopic (exact) mass is 327 g/mol. The predicted molar refractivity (Wildman–Crippen MR) is 81.3 cm³/mol. The number of anilines is 1. The minimum absolute atomic E-state index is 0.263. The van der Waals surface area contributed by atoms with Crippen LogP contribution < -0.4 is 5.73 Å². The van der Waals surface area contributed by atoms with Crippen LogP contribution in [0.5, 0.6) is 0 Å². The molecule has 2 N–H and O–H groups in total. The van der Waals surface area contributed by atoms with E-state index in [4.69, 9.17) is 33.7 Å². The largest absolute Gasteiger partial charge is 0.399 e. The molecular weight excluding hydrogens is 313 g/mol. The zero-order valence-corrected chi connectivity index (χ0v) is 13.0. The van der Waals surface area contributed by atoms with Crippen LogP contribution in [0.2, 0.25) is 10.0 Å². The molecule has 8 heteroatoms. The van der Waals surface area contributed by atoms with Crippen molar-refractivity contribution in [1.82, 2.24) is 20.2 Å². The molecule has 3 rings (SSSR count). The van der Waals surface area contributed by atoms with Crippen LogP contribution in [0, 0.1) is 0 Å². The van der Waals surface area contributed by atoms with E-state index in [0.717, 1.165) is 19.4 Å². The Morgan fingerprint density at radius 3 is 2.95 bits per heavy atom. The Balaban J connectivity index is 1.99. The van der Waals surface area contributed by atoms with E-state index in [1.807, 2.05) is 0 Å². The molecule has 2 aromatic rings. The van der Waals surface area contributed by atoms with Crippen LogP contribution in [0.25, 0.3) is 11.4 Å². The SMILES string of the molecule is CC1(Cn2nnnc2-c2cc(N)cc(Cl)c2Cl)CCCO1. The molecule has 0 amide bonds. The molecule has 6 nitrogen and oxygen atoms in total. The van der Waals surface area contributed by atoms with E-state index >= 15 is 0 Å². The lowest BCUT2D eigenvalue weighted by molar-refractivity contribution is 0.00355. The second-order valence-electron chi connectivity index (χ2n) is 5.43. The first-order chi connectivity index (χ1) is 9.98. The van der Waals surface area contributed by atoms with Gasteiger partial charge in [-0.15, -0.1) is 5.10 Å². The van der Waals surface area contributed by atoms with Gasteiger partial charge in [0.1, 0.15) is 0 Å². The number of rotatable bonds is 3. The quantitative estimate of drug-likeness (QED) is 0.877. The molecule has 1 fully saturated rings. The summed E-state index contributed by atoms with van der Waals surface area (Å²) >= 11 is 12.3. The van der Waals surface area contributed by atoms with E-state index in [9.17, 15) is 0 Å². The molecule has 0 saturated carbocycles. The fourth-order valence-corrected chi connectivity index (χ4v) is 2.98. The van der Waals surface area contributed by atoms with Crippen LogP contribution in [0.1, 0.15) is 19.8 Å². The highest BCUT2D eigenvalue weighted by atomic mass is 35.5. The number of ether oxygens (including phenoxy) is 1. The highest BCUT2D eigenvalue weighted by Gasteiger charge is 2.32. The maximum atomic E-state index is 6.25. The van der Waals surface area contributed by atoms with Gasteiger partial charge in [-0.2, -0.15) is 0 Å². The maximum absolute atomic E-state index is 6.25. The van der Waals surface area contributed by atoms with Gasteiger partial charge in [0.15, 0.2) is 5.82 Å². The number of halogens is 2. The second-order valence-corrected chi connectivity index (χ2v) is 6.21. The molecule has 0 radical (unpaired) electrons. The lowest BCUT2D eigenvalue weighted by Crippen LogP contribution is -2.30. The zero-order valence-electron chi connectivity index (χ0n) is 11.5. The number of hydrogen-bond donors (Lipinski definition) is 1. The Bertz CT molecular complexity index is 667. The second kappa shape index (κ2) is 5.44. The number of nitrogens with zero attached hydrogens (tertiary/aromatic N) is 4. The Labute approximate surface area is 132 Å². The molecule has 2 heterocycles. The molecule has 1 aromatic carbocycles. The summed E-state index contributed by atoms with van der Waals surface area (Å²) in [6, 6.07) is 3.32. The van der Waals surface area contributed by atoms with Crippen LogP contribution in [0.15, 0.2) is 12.1 Å². The van der Waals surface area contributed by atoms with Gasteiger partial charge in [0.2, 0.25) is 0 Å². The van der Waals surface area contributed by atoms with E-state index in [0.29, 0.717) is 33.7 Å². The minimum Gasteiger partial charge on any atom is -0.399 e. The molecule has 21 heavy (non-hydrogen) atoms. The molecule has 1 aliphatic rings. The van der Waals surface area contributed by atoms with Gasteiger partial charge < -0.3 is 10.5 Å². The fraction of sp³-hybridized carbons (Fsp3) is 0.462. The number of benzene rings is 1. The summed E-state index contributed by atoms with van der Waals surface area (Å²) in [5.74, 6) is 0.533. The average molecular weight is 328 g/mol. The molecule has 112 valence electrons. The van der Waals surface area contributed by atoms with Gasteiger partial charge in [-0.25, -0.2) is 4.68 Å². The Hall–Kier alpha value is -1.37. The lowest BCUT2D eigenvalue weighted by atomic mass is 10.0. The lowest BCUT2D eigenvalue weighted by Gasteiger charge is -2.23. The van der Waals surface area contributed by atoms with Crippen LogP contribution in [-0.2, 0) is 11.3 Å². The molecule has 1 aromatic heterocycles. The topological polar surface area (TPSA) is 78.9 Å². The van der Waals surface area contributed by atoms with Crippen molar-refractivity contribution in [3.63, 3.8) is 0 Å². The van der Waals surface area contributed by atoms with Gasteiger partial charge in [0.05, 0.1) is 22.2 Å². The highest BCUT2D eigenvalue weighted by Crippen LogP contribution is 2.35. The summed E-state index contributed by atoms with van der Waals surface area (Å²) < 4.78 is 7.47. The summed E-state index contributed by atoms with van der Waals surface area (Å²) in [4.78, 5) is 0. The number of nitrogen functional groups attached to an aromatic ring is 1. The Morgan fingerprint density at radius 1 is 1.43 bits per heavy atom. The molecule has 1 saturated heterocycles. The minimum atomic E-state index is -0.263. The van der Waals surface area contributed by atoms with Gasteiger partial charge in [-0.05, 0) is 42.3 Å².